The maximum atomic E-state index is 11.4. The molecule has 3 aromatic rings. The average molecular weight is 365 g/mol. The Morgan fingerprint density at radius 1 is 1.08 bits per heavy atom. The second-order valence-electron chi connectivity index (χ2n) is 7.22. The molecular weight excluding hydrogens is 342 g/mol. The zero-order valence-electron chi connectivity index (χ0n) is 14.7. The molecule has 0 spiro atoms. The predicted octanol–water partition coefficient (Wildman–Crippen LogP) is 4.47. The minimum atomic E-state index is -0.198. The molecule has 1 aliphatic rings. The monoisotopic (exact) mass is 365 g/mol. The van der Waals surface area contributed by atoms with Crippen molar-refractivity contribution in [2.75, 3.05) is 0 Å². The van der Waals surface area contributed by atoms with Crippen LogP contribution in [0.25, 0.3) is 0 Å². The first-order valence-corrected chi connectivity index (χ1v) is 10.0. The van der Waals surface area contributed by atoms with Crippen molar-refractivity contribution in [1.29, 1.82) is 0 Å². The summed E-state index contributed by atoms with van der Waals surface area (Å²) in [5, 5.41) is 9.81. The highest BCUT2D eigenvalue weighted by molar-refractivity contribution is 7.09. The number of hydrogen-bond donors (Lipinski definition) is 2. The van der Waals surface area contributed by atoms with Crippen LogP contribution < -0.4 is 4.87 Å². The van der Waals surface area contributed by atoms with Gasteiger partial charge in [0.25, 0.3) is 0 Å². The van der Waals surface area contributed by atoms with Gasteiger partial charge in [-0.2, -0.15) is 0 Å². The Morgan fingerprint density at radius 2 is 1.92 bits per heavy atom. The normalized spacial score (nSPS) is 16.8. The number of nitrogens with one attached hydrogen (secondary N) is 1. The highest BCUT2D eigenvalue weighted by Crippen LogP contribution is 2.29. The van der Waals surface area contributed by atoms with Gasteiger partial charge >= 0.3 is 4.87 Å². The third-order valence-corrected chi connectivity index (χ3v) is 6.14. The molecule has 2 N–H and O–H groups in total. The highest BCUT2D eigenvalue weighted by Gasteiger charge is 2.18. The van der Waals surface area contributed by atoms with Crippen molar-refractivity contribution >= 4 is 11.3 Å². The van der Waals surface area contributed by atoms with Gasteiger partial charge in [-0.3, -0.25) is 9.78 Å². The number of fused-ring (bicyclic) bond motifs is 1. The summed E-state index contributed by atoms with van der Waals surface area (Å²) in [4.78, 5) is 14.3. The van der Waals surface area contributed by atoms with Crippen LogP contribution in [0.5, 0.6) is 5.88 Å². The minimum absolute atomic E-state index is 0.0119. The largest absolute Gasteiger partial charge is 0.494 e. The van der Waals surface area contributed by atoms with Gasteiger partial charge in [0.15, 0.2) is 0 Å². The Labute approximate surface area is 157 Å². The number of hydrogen-bond acceptors (Lipinski definition) is 3. The van der Waals surface area contributed by atoms with Crippen LogP contribution in [-0.4, -0.2) is 10.1 Å². The lowest BCUT2D eigenvalue weighted by Gasteiger charge is -2.15. The Morgan fingerprint density at radius 3 is 2.69 bits per heavy atom. The Balaban J connectivity index is 1.50. The average Bonchev–Trinajstić information content (AvgIpc) is 2.83. The maximum Gasteiger partial charge on any atom is 0.307 e. The van der Waals surface area contributed by atoms with Gasteiger partial charge in [0.1, 0.15) is 0 Å². The first kappa shape index (κ1) is 17.1. The zero-order valence-corrected chi connectivity index (χ0v) is 15.5. The van der Waals surface area contributed by atoms with E-state index < -0.39 is 0 Å². The smallest absolute Gasteiger partial charge is 0.307 e. The van der Waals surface area contributed by atoms with Crippen molar-refractivity contribution in [3.05, 3.63) is 85.3 Å². The number of benzene rings is 2. The molecule has 0 radical (unpaired) electrons. The number of aromatic nitrogens is 1. The summed E-state index contributed by atoms with van der Waals surface area (Å²) in [6, 6.07) is 17.4. The molecule has 0 bridgehead atoms. The van der Waals surface area contributed by atoms with Crippen molar-refractivity contribution in [3.8, 4) is 5.88 Å². The van der Waals surface area contributed by atoms with Crippen LogP contribution in [0.4, 0.5) is 0 Å². The van der Waals surface area contributed by atoms with Crippen molar-refractivity contribution in [2.24, 2.45) is 5.92 Å². The second kappa shape index (κ2) is 7.50. The van der Waals surface area contributed by atoms with Gasteiger partial charge in [-0.1, -0.05) is 59.9 Å². The Bertz CT molecular complexity index is 942. The first-order chi connectivity index (χ1) is 12.7. The van der Waals surface area contributed by atoms with E-state index in [1.807, 2.05) is 0 Å². The van der Waals surface area contributed by atoms with Gasteiger partial charge in [-0.25, -0.2) is 0 Å². The molecule has 0 saturated carbocycles. The third kappa shape index (κ3) is 3.91. The second-order valence-corrected chi connectivity index (χ2v) is 8.29. The van der Waals surface area contributed by atoms with E-state index >= 15 is 0 Å². The van der Waals surface area contributed by atoms with E-state index in [1.165, 1.54) is 29.5 Å². The van der Waals surface area contributed by atoms with Crippen LogP contribution >= 0.6 is 11.3 Å². The van der Waals surface area contributed by atoms with Crippen LogP contribution in [-0.2, 0) is 25.7 Å². The summed E-state index contributed by atoms with van der Waals surface area (Å²) < 4.78 is 0. The summed E-state index contributed by atoms with van der Waals surface area (Å²) in [5.41, 5.74) is 5.48. The molecule has 1 atom stereocenters. The number of thiazole rings is 1. The number of aromatic amines is 1. The van der Waals surface area contributed by atoms with Gasteiger partial charge < -0.3 is 5.11 Å². The summed E-state index contributed by atoms with van der Waals surface area (Å²) in [6.07, 6.45) is 6.48. The van der Waals surface area contributed by atoms with E-state index in [-0.39, 0.29) is 10.8 Å². The highest BCUT2D eigenvalue weighted by atomic mass is 32.1. The van der Waals surface area contributed by atoms with E-state index in [0.29, 0.717) is 17.2 Å². The topological polar surface area (TPSA) is 53.1 Å². The van der Waals surface area contributed by atoms with Crippen molar-refractivity contribution in [2.45, 2.75) is 38.5 Å². The quantitative estimate of drug-likeness (QED) is 0.670. The van der Waals surface area contributed by atoms with Crippen LogP contribution in [0.3, 0.4) is 0 Å². The van der Waals surface area contributed by atoms with Crippen molar-refractivity contribution < 1.29 is 5.11 Å². The van der Waals surface area contributed by atoms with E-state index in [4.69, 9.17) is 0 Å². The van der Waals surface area contributed by atoms with Crippen LogP contribution in [0.15, 0.2) is 53.3 Å². The van der Waals surface area contributed by atoms with Crippen LogP contribution in [0.1, 0.15) is 40.0 Å². The Hall–Kier alpha value is -2.33. The molecule has 26 heavy (non-hydrogen) atoms. The number of rotatable bonds is 4. The summed E-state index contributed by atoms with van der Waals surface area (Å²) in [7, 11) is 0. The summed E-state index contributed by atoms with van der Waals surface area (Å²) >= 11 is 1.09. The van der Waals surface area contributed by atoms with Crippen LogP contribution in [0, 0.1) is 5.92 Å². The maximum absolute atomic E-state index is 11.4. The van der Waals surface area contributed by atoms with Gasteiger partial charge in [0, 0.05) is 6.42 Å². The van der Waals surface area contributed by atoms with Crippen molar-refractivity contribution in [3.63, 3.8) is 0 Å². The number of H-pyrrole nitrogens is 1. The summed E-state index contributed by atoms with van der Waals surface area (Å²) in [5.74, 6) is 0.710. The van der Waals surface area contributed by atoms with Gasteiger partial charge in [0.05, 0.1) is 4.88 Å². The molecule has 1 aliphatic carbocycles. The fourth-order valence-corrected chi connectivity index (χ4v) is 4.75. The fraction of sp³-hybridized carbons (Fsp3) is 0.318. The molecule has 4 rings (SSSR count). The fourth-order valence-electron chi connectivity index (χ4n) is 3.99. The van der Waals surface area contributed by atoms with E-state index in [0.717, 1.165) is 36.2 Å². The van der Waals surface area contributed by atoms with Gasteiger partial charge in [-0.15, -0.1) is 0 Å². The lowest BCUT2D eigenvalue weighted by Crippen LogP contribution is -2.07. The lowest BCUT2D eigenvalue weighted by atomic mass is 9.90. The molecule has 0 amide bonds. The predicted molar refractivity (Wildman–Crippen MR) is 106 cm³/mol. The molecular formula is C22H23NO2S. The SMILES string of the molecule is O=c1[nH]c(O)c(Cc2ccc3c(c2)CCCC(Cc2ccccc2)C3)s1. The molecule has 1 aromatic heterocycles. The van der Waals surface area contributed by atoms with E-state index in [2.05, 4.69) is 53.5 Å². The number of aryl methyl sites for hydroxylation is 1. The van der Waals surface area contributed by atoms with Crippen molar-refractivity contribution in [1.82, 2.24) is 4.98 Å². The molecule has 4 heteroatoms. The van der Waals surface area contributed by atoms with E-state index in [1.54, 1.807) is 0 Å². The van der Waals surface area contributed by atoms with E-state index in [9.17, 15) is 9.90 Å². The molecule has 3 nitrogen and oxygen atoms in total. The minimum Gasteiger partial charge on any atom is -0.494 e. The molecule has 0 fully saturated rings. The zero-order chi connectivity index (χ0) is 17.9. The first-order valence-electron chi connectivity index (χ1n) is 9.23. The Kier molecular flexibility index (Phi) is 4.93. The standard InChI is InChI=1S/C22H23NO2S/c24-21-20(26-22(25)23-21)14-17-9-10-19-12-16(7-4-8-18(19)13-17)11-15-5-2-1-3-6-15/h1-3,5-6,9-10,13,16,24H,4,7-8,11-12,14H2,(H,23,25). The molecule has 1 heterocycles. The lowest BCUT2D eigenvalue weighted by molar-refractivity contribution is 0.451. The molecule has 134 valence electrons. The van der Waals surface area contributed by atoms with Gasteiger partial charge in [-0.05, 0) is 60.3 Å². The molecule has 1 unspecified atom stereocenters. The summed E-state index contributed by atoms with van der Waals surface area (Å²) in [6.45, 7) is 0. The molecule has 2 aromatic carbocycles. The third-order valence-electron chi connectivity index (χ3n) is 5.27. The molecule has 0 saturated heterocycles. The number of aromatic hydroxyl groups is 1. The molecule has 0 aliphatic heterocycles. The van der Waals surface area contributed by atoms with Crippen LogP contribution in [0.2, 0.25) is 0 Å². The van der Waals surface area contributed by atoms with Gasteiger partial charge in [0.2, 0.25) is 5.88 Å².